The molecule has 0 saturated heterocycles. The smallest absolute Gasteiger partial charge is 0.0108 e. The highest BCUT2D eigenvalue weighted by Gasteiger charge is 2.10. The van der Waals surface area contributed by atoms with E-state index in [-0.39, 0.29) is 0 Å². The number of rotatable bonds is 8. The van der Waals surface area contributed by atoms with E-state index in [1.165, 1.54) is 40.8 Å². The van der Waals surface area contributed by atoms with Gasteiger partial charge in [0.25, 0.3) is 0 Å². The van der Waals surface area contributed by atoms with Crippen molar-refractivity contribution in [1.82, 2.24) is 5.32 Å². The SMILES string of the molecule is CCNC(CCCc1cccs1)Cc1cc(C)ccc1C. The molecule has 1 atom stereocenters. The molecule has 1 aromatic carbocycles. The predicted molar refractivity (Wildman–Crippen MR) is 94.3 cm³/mol. The zero-order valence-corrected chi connectivity index (χ0v) is 14.3. The van der Waals surface area contributed by atoms with Crippen molar-refractivity contribution in [3.05, 3.63) is 57.3 Å². The van der Waals surface area contributed by atoms with Crippen LogP contribution in [0.4, 0.5) is 0 Å². The first kappa shape index (κ1) is 16.3. The standard InChI is InChI=1S/C19H27NS/c1-4-20-18(7-5-8-19-9-6-12-21-19)14-17-13-15(2)10-11-16(17)3/h6,9-13,18,20H,4-5,7-8,14H2,1-3H3. The van der Waals surface area contributed by atoms with E-state index < -0.39 is 0 Å². The van der Waals surface area contributed by atoms with Crippen molar-refractivity contribution in [2.75, 3.05) is 6.54 Å². The van der Waals surface area contributed by atoms with Gasteiger partial charge in [-0.3, -0.25) is 0 Å². The van der Waals surface area contributed by atoms with Crippen LogP contribution in [0.25, 0.3) is 0 Å². The summed E-state index contributed by atoms with van der Waals surface area (Å²) in [5.41, 5.74) is 4.28. The van der Waals surface area contributed by atoms with Crippen LogP contribution in [0.2, 0.25) is 0 Å². The van der Waals surface area contributed by atoms with Crippen LogP contribution in [0.5, 0.6) is 0 Å². The molecule has 0 spiro atoms. The summed E-state index contributed by atoms with van der Waals surface area (Å²) >= 11 is 1.88. The van der Waals surface area contributed by atoms with E-state index in [4.69, 9.17) is 0 Å². The molecule has 2 aromatic rings. The van der Waals surface area contributed by atoms with Crippen LogP contribution in [-0.2, 0) is 12.8 Å². The number of hydrogen-bond acceptors (Lipinski definition) is 2. The number of benzene rings is 1. The van der Waals surface area contributed by atoms with E-state index in [9.17, 15) is 0 Å². The molecule has 0 aliphatic carbocycles. The van der Waals surface area contributed by atoms with Crippen molar-refractivity contribution < 1.29 is 0 Å². The molecular formula is C19H27NS. The van der Waals surface area contributed by atoms with Gasteiger partial charge < -0.3 is 5.32 Å². The third-order valence-electron chi connectivity index (χ3n) is 4.02. The van der Waals surface area contributed by atoms with E-state index in [0.717, 1.165) is 13.0 Å². The van der Waals surface area contributed by atoms with Crippen LogP contribution in [0.15, 0.2) is 35.7 Å². The van der Waals surface area contributed by atoms with Gasteiger partial charge >= 0.3 is 0 Å². The molecule has 114 valence electrons. The normalized spacial score (nSPS) is 12.5. The van der Waals surface area contributed by atoms with Crippen LogP contribution < -0.4 is 5.32 Å². The van der Waals surface area contributed by atoms with Crippen LogP contribution in [0.3, 0.4) is 0 Å². The zero-order chi connectivity index (χ0) is 15.1. The second kappa shape index (κ2) is 8.35. The first-order chi connectivity index (χ1) is 10.2. The maximum absolute atomic E-state index is 3.66. The molecule has 0 amide bonds. The summed E-state index contributed by atoms with van der Waals surface area (Å²) < 4.78 is 0. The van der Waals surface area contributed by atoms with Gasteiger partial charge in [-0.2, -0.15) is 0 Å². The maximum Gasteiger partial charge on any atom is 0.0108 e. The first-order valence-electron chi connectivity index (χ1n) is 8.01. The van der Waals surface area contributed by atoms with Gasteiger partial charge in [-0.1, -0.05) is 36.8 Å². The topological polar surface area (TPSA) is 12.0 Å². The van der Waals surface area contributed by atoms with E-state index in [1.54, 1.807) is 0 Å². The van der Waals surface area contributed by atoms with Crippen molar-refractivity contribution in [2.24, 2.45) is 0 Å². The Hall–Kier alpha value is -1.12. The fourth-order valence-corrected chi connectivity index (χ4v) is 3.58. The number of likely N-dealkylation sites (N-methyl/N-ethyl adjacent to an activating group) is 1. The molecule has 1 N–H and O–H groups in total. The fraction of sp³-hybridized carbons (Fsp3) is 0.474. The van der Waals surface area contributed by atoms with E-state index in [2.05, 4.69) is 61.8 Å². The Morgan fingerprint density at radius 3 is 2.76 bits per heavy atom. The Kier molecular flexibility index (Phi) is 6.47. The molecule has 21 heavy (non-hydrogen) atoms. The summed E-state index contributed by atoms with van der Waals surface area (Å²) in [5, 5.41) is 5.84. The second-order valence-electron chi connectivity index (χ2n) is 5.86. The maximum atomic E-state index is 3.66. The molecule has 1 heterocycles. The zero-order valence-electron chi connectivity index (χ0n) is 13.5. The lowest BCUT2D eigenvalue weighted by Crippen LogP contribution is -2.31. The third kappa shape index (κ3) is 5.29. The molecule has 0 bridgehead atoms. The Morgan fingerprint density at radius 1 is 1.19 bits per heavy atom. The van der Waals surface area contributed by atoms with Crippen LogP contribution in [0, 0.1) is 13.8 Å². The molecule has 2 rings (SSSR count). The van der Waals surface area contributed by atoms with E-state index >= 15 is 0 Å². The van der Waals surface area contributed by atoms with Crippen molar-refractivity contribution >= 4 is 11.3 Å². The van der Waals surface area contributed by atoms with Crippen LogP contribution >= 0.6 is 11.3 Å². The quantitative estimate of drug-likeness (QED) is 0.730. The molecule has 0 saturated carbocycles. The lowest BCUT2D eigenvalue weighted by Gasteiger charge is -2.19. The van der Waals surface area contributed by atoms with Crippen LogP contribution in [0.1, 0.15) is 41.3 Å². The largest absolute Gasteiger partial charge is 0.314 e. The van der Waals surface area contributed by atoms with Crippen molar-refractivity contribution in [3.8, 4) is 0 Å². The lowest BCUT2D eigenvalue weighted by molar-refractivity contribution is 0.476. The first-order valence-corrected chi connectivity index (χ1v) is 8.89. The average Bonchev–Trinajstić information content (AvgIpc) is 2.96. The minimum Gasteiger partial charge on any atom is -0.314 e. The number of nitrogens with one attached hydrogen (secondary N) is 1. The van der Waals surface area contributed by atoms with Gasteiger partial charge in [-0.25, -0.2) is 0 Å². The highest BCUT2D eigenvalue weighted by molar-refractivity contribution is 7.09. The fourth-order valence-electron chi connectivity index (χ4n) is 2.83. The molecule has 0 fully saturated rings. The number of aryl methyl sites for hydroxylation is 3. The van der Waals surface area contributed by atoms with Crippen LogP contribution in [-0.4, -0.2) is 12.6 Å². The Labute approximate surface area is 133 Å². The van der Waals surface area contributed by atoms with Gasteiger partial charge in [0, 0.05) is 10.9 Å². The van der Waals surface area contributed by atoms with Gasteiger partial charge in [-0.15, -0.1) is 11.3 Å². The van der Waals surface area contributed by atoms with Gasteiger partial charge in [0.15, 0.2) is 0 Å². The molecule has 0 aliphatic heterocycles. The van der Waals surface area contributed by atoms with Crippen molar-refractivity contribution in [3.63, 3.8) is 0 Å². The summed E-state index contributed by atoms with van der Waals surface area (Å²) in [6.45, 7) is 7.66. The summed E-state index contributed by atoms with van der Waals surface area (Å²) in [5.74, 6) is 0. The van der Waals surface area contributed by atoms with Gasteiger partial charge in [0.1, 0.15) is 0 Å². The summed E-state index contributed by atoms with van der Waals surface area (Å²) in [6, 6.07) is 11.8. The molecule has 1 unspecified atom stereocenters. The Bertz CT molecular complexity index is 531. The van der Waals surface area contributed by atoms with Crippen molar-refractivity contribution in [1.29, 1.82) is 0 Å². The minimum atomic E-state index is 0.593. The monoisotopic (exact) mass is 301 g/mol. The predicted octanol–water partition coefficient (Wildman–Crippen LogP) is 4.91. The van der Waals surface area contributed by atoms with Gasteiger partial charge in [-0.05, 0) is 68.6 Å². The van der Waals surface area contributed by atoms with Gasteiger partial charge in [0.2, 0.25) is 0 Å². The Morgan fingerprint density at radius 2 is 2.05 bits per heavy atom. The molecule has 1 aromatic heterocycles. The molecule has 0 aliphatic rings. The molecule has 1 nitrogen and oxygen atoms in total. The Balaban J connectivity index is 1.90. The van der Waals surface area contributed by atoms with E-state index in [0.29, 0.717) is 6.04 Å². The minimum absolute atomic E-state index is 0.593. The summed E-state index contributed by atoms with van der Waals surface area (Å²) in [7, 11) is 0. The van der Waals surface area contributed by atoms with Gasteiger partial charge in [0.05, 0.1) is 0 Å². The lowest BCUT2D eigenvalue weighted by atomic mass is 9.96. The molecule has 0 radical (unpaired) electrons. The highest BCUT2D eigenvalue weighted by Crippen LogP contribution is 2.17. The number of thiophene rings is 1. The number of hydrogen-bond donors (Lipinski definition) is 1. The third-order valence-corrected chi connectivity index (χ3v) is 4.96. The summed E-state index contributed by atoms with van der Waals surface area (Å²) in [6.07, 6.45) is 4.88. The van der Waals surface area contributed by atoms with E-state index in [1.807, 2.05) is 11.3 Å². The molecule has 2 heteroatoms. The molecular weight excluding hydrogens is 274 g/mol. The highest BCUT2D eigenvalue weighted by atomic mass is 32.1. The second-order valence-corrected chi connectivity index (χ2v) is 6.89. The van der Waals surface area contributed by atoms with Crippen molar-refractivity contribution in [2.45, 2.75) is 52.5 Å². The average molecular weight is 301 g/mol. The summed E-state index contributed by atoms with van der Waals surface area (Å²) in [4.78, 5) is 1.51.